The maximum Gasteiger partial charge on any atom is 0.251 e. The average molecular weight is 437 g/mol. The number of aromatic nitrogens is 2. The highest BCUT2D eigenvalue weighted by Crippen LogP contribution is 2.14. The Balaban J connectivity index is 1.53. The number of carbonyl (C=O) groups excluding carboxylic acids is 1. The Kier molecular flexibility index (Phi) is 7.70. The van der Waals surface area contributed by atoms with Crippen LogP contribution in [0, 0.1) is 13.8 Å². The number of furan rings is 1. The third kappa shape index (κ3) is 6.00. The summed E-state index contributed by atoms with van der Waals surface area (Å²) >= 11 is 0. The van der Waals surface area contributed by atoms with E-state index in [9.17, 15) is 4.79 Å². The standard InChI is InChI=1S/C24H32N6O2/c1-16(12-22-17(2)29-30(5)18(22)3)28-24(25-4)27-14-19-8-6-9-20(13-19)23(31)26-15-21-10-7-11-32-21/h6-11,13,16H,12,14-15H2,1-5H3,(H,26,31)(H2,25,27,28). The van der Waals surface area contributed by atoms with Crippen molar-refractivity contribution in [1.29, 1.82) is 0 Å². The summed E-state index contributed by atoms with van der Waals surface area (Å²) in [5.74, 6) is 1.29. The molecule has 0 bridgehead atoms. The average Bonchev–Trinajstić information content (AvgIpc) is 3.39. The van der Waals surface area contributed by atoms with Crippen LogP contribution < -0.4 is 16.0 Å². The number of guanidine groups is 1. The van der Waals surface area contributed by atoms with Gasteiger partial charge in [-0.15, -0.1) is 0 Å². The first-order valence-electron chi connectivity index (χ1n) is 10.7. The Morgan fingerprint density at radius 2 is 2.00 bits per heavy atom. The van der Waals surface area contributed by atoms with E-state index in [2.05, 4.69) is 39.9 Å². The minimum atomic E-state index is -0.137. The third-order valence-corrected chi connectivity index (χ3v) is 5.43. The number of carbonyl (C=O) groups is 1. The van der Waals surface area contributed by atoms with Crippen molar-refractivity contribution in [2.24, 2.45) is 12.0 Å². The van der Waals surface area contributed by atoms with E-state index in [-0.39, 0.29) is 11.9 Å². The molecule has 2 aromatic heterocycles. The Labute approximate surface area is 189 Å². The third-order valence-electron chi connectivity index (χ3n) is 5.43. The number of amides is 1. The molecule has 1 amide bonds. The fourth-order valence-corrected chi connectivity index (χ4v) is 3.59. The molecule has 0 aliphatic carbocycles. The number of benzene rings is 1. The van der Waals surface area contributed by atoms with Gasteiger partial charge in [-0.05, 0) is 62.6 Å². The number of aliphatic imine (C=N–C) groups is 1. The molecule has 8 nitrogen and oxygen atoms in total. The molecule has 3 N–H and O–H groups in total. The molecule has 1 aromatic carbocycles. The lowest BCUT2D eigenvalue weighted by molar-refractivity contribution is 0.0948. The number of aryl methyl sites for hydroxylation is 2. The maximum atomic E-state index is 12.4. The minimum absolute atomic E-state index is 0.137. The van der Waals surface area contributed by atoms with Gasteiger partial charge in [0.1, 0.15) is 5.76 Å². The van der Waals surface area contributed by atoms with E-state index >= 15 is 0 Å². The predicted molar refractivity (Wildman–Crippen MR) is 126 cm³/mol. The summed E-state index contributed by atoms with van der Waals surface area (Å²) in [4.78, 5) is 16.8. The van der Waals surface area contributed by atoms with Gasteiger partial charge in [-0.25, -0.2) is 0 Å². The molecule has 0 aliphatic heterocycles. The molecule has 0 saturated carbocycles. The Bertz CT molecular complexity index is 1070. The van der Waals surface area contributed by atoms with Gasteiger partial charge in [0.15, 0.2) is 5.96 Å². The van der Waals surface area contributed by atoms with E-state index in [4.69, 9.17) is 4.42 Å². The molecule has 1 unspecified atom stereocenters. The first-order valence-corrected chi connectivity index (χ1v) is 10.7. The normalized spacial score (nSPS) is 12.5. The maximum absolute atomic E-state index is 12.4. The molecular formula is C24H32N6O2. The van der Waals surface area contributed by atoms with Crippen LogP contribution in [0.1, 0.15) is 45.6 Å². The summed E-state index contributed by atoms with van der Waals surface area (Å²) < 4.78 is 7.17. The first kappa shape index (κ1) is 23.1. The second-order valence-corrected chi connectivity index (χ2v) is 7.91. The van der Waals surface area contributed by atoms with Crippen molar-refractivity contribution in [3.05, 3.63) is 76.5 Å². The smallest absolute Gasteiger partial charge is 0.251 e. The number of nitrogens with zero attached hydrogens (tertiary/aromatic N) is 3. The Hall–Kier alpha value is -3.55. The van der Waals surface area contributed by atoms with E-state index in [0.717, 1.165) is 23.4 Å². The van der Waals surface area contributed by atoms with Gasteiger partial charge >= 0.3 is 0 Å². The highest BCUT2D eigenvalue weighted by molar-refractivity contribution is 5.94. The van der Waals surface area contributed by atoms with Crippen LogP contribution in [0.5, 0.6) is 0 Å². The molecule has 3 rings (SSSR count). The molecule has 0 saturated heterocycles. The monoisotopic (exact) mass is 436 g/mol. The van der Waals surface area contributed by atoms with Crippen molar-refractivity contribution in [3.63, 3.8) is 0 Å². The van der Waals surface area contributed by atoms with Crippen molar-refractivity contribution in [3.8, 4) is 0 Å². The fourth-order valence-electron chi connectivity index (χ4n) is 3.59. The van der Waals surface area contributed by atoms with E-state index < -0.39 is 0 Å². The SMILES string of the molecule is CN=C(NCc1cccc(C(=O)NCc2ccco2)c1)NC(C)Cc1c(C)nn(C)c1C. The van der Waals surface area contributed by atoms with Gasteiger partial charge in [-0.2, -0.15) is 5.10 Å². The molecule has 32 heavy (non-hydrogen) atoms. The second kappa shape index (κ2) is 10.7. The minimum Gasteiger partial charge on any atom is -0.467 e. The quantitative estimate of drug-likeness (QED) is 0.373. The van der Waals surface area contributed by atoms with Gasteiger partial charge in [0.05, 0.1) is 18.5 Å². The summed E-state index contributed by atoms with van der Waals surface area (Å²) in [6.45, 7) is 7.17. The number of nitrogens with one attached hydrogen (secondary N) is 3. The Morgan fingerprint density at radius 3 is 2.66 bits per heavy atom. The van der Waals surface area contributed by atoms with Crippen LogP contribution in [0.4, 0.5) is 0 Å². The van der Waals surface area contributed by atoms with Gasteiger partial charge < -0.3 is 20.4 Å². The number of hydrogen-bond acceptors (Lipinski definition) is 4. The molecule has 0 fully saturated rings. The lowest BCUT2D eigenvalue weighted by Gasteiger charge is -2.18. The highest BCUT2D eigenvalue weighted by atomic mass is 16.3. The lowest BCUT2D eigenvalue weighted by Crippen LogP contribution is -2.42. The van der Waals surface area contributed by atoms with Crippen molar-refractivity contribution in [2.75, 3.05) is 7.05 Å². The lowest BCUT2D eigenvalue weighted by atomic mass is 10.1. The van der Waals surface area contributed by atoms with E-state index in [0.29, 0.717) is 24.6 Å². The molecule has 0 radical (unpaired) electrons. The molecule has 0 spiro atoms. The van der Waals surface area contributed by atoms with Crippen LogP contribution in [0.25, 0.3) is 0 Å². The summed E-state index contributed by atoms with van der Waals surface area (Å²) in [5, 5.41) is 14.1. The summed E-state index contributed by atoms with van der Waals surface area (Å²) in [6.07, 6.45) is 2.45. The molecule has 3 aromatic rings. The van der Waals surface area contributed by atoms with Crippen molar-refractivity contribution in [2.45, 2.75) is 46.3 Å². The summed E-state index contributed by atoms with van der Waals surface area (Å²) in [7, 11) is 3.72. The zero-order chi connectivity index (χ0) is 23.1. The van der Waals surface area contributed by atoms with Gasteiger partial charge in [0.25, 0.3) is 5.91 Å². The van der Waals surface area contributed by atoms with Gasteiger partial charge in [-0.1, -0.05) is 12.1 Å². The van der Waals surface area contributed by atoms with Crippen LogP contribution in [0.15, 0.2) is 52.1 Å². The van der Waals surface area contributed by atoms with Crippen molar-refractivity contribution in [1.82, 2.24) is 25.7 Å². The van der Waals surface area contributed by atoms with Crippen LogP contribution in [-0.4, -0.2) is 34.7 Å². The van der Waals surface area contributed by atoms with Crippen LogP contribution in [-0.2, 0) is 26.6 Å². The zero-order valence-electron chi connectivity index (χ0n) is 19.4. The molecule has 8 heteroatoms. The van der Waals surface area contributed by atoms with Crippen LogP contribution in [0.3, 0.4) is 0 Å². The van der Waals surface area contributed by atoms with Gasteiger partial charge in [0, 0.05) is 37.9 Å². The van der Waals surface area contributed by atoms with Gasteiger partial charge in [0.2, 0.25) is 0 Å². The Morgan fingerprint density at radius 1 is 1.19 bits per heavy atom. The zero-order valence-corrected chi connectivity index (χ0v) is 19.4. The van der Waals surface area contributed by atoms with E-state index in [1.807, 2.05) is 42.9 Å². The summed E-state index contributed by atoms with van der Waals surface area (Å²) in [6, 6.07) is 11.4. The number of rotatable bonds is 8. The fraction of sp³-hybridized carbons (Fsp3) is 0.375. The highest BCUT2D eigenvalue weighted by Gasteiger charge is 2.14. The molecule has 0 aliphatic rings. The summed E-state index contributed by atoms with van der Waals surface area (Å²) in [5.41, 5.74) is 5.10. The largest absolute Gasteiger partial charge is 0.467 e. The van der Waals surface area contributed by atoms with Crippen LogP contribution >= 0.6 is 0 Å². The second-order valence-electron chi connectivity index (χ2n) is 7.91. The van der Waals surface area contributed by atoms with E-state index in [1.54, 1.807) is 25.4 Å². The molecular weight excluding hydrogens is 404 g/mol. The van der Waals surface area contributed by atoms with Gasteiger partial charge in [-0.3, -0.25) is 14.5 Å². The van der Waals surface area contributed by atoms with Crippen molar-refractivity contribution >= 4 is 11.9 Å². The molecule has 1 atom stereocenters. The number of hydrogen-bond donors (Lipinski definition) is 3. The van der Waals surface area contributed by atoms with Crippen LogP contribution in [0.2, 0.25) is 0 Å². The molecule has 170 valence electrons. The van der Waals surface area contributed by atoms with E-state index in [1.165, 1.54) is 11.3 Å². The van der Waals surface area contributed by atoms with Crippen molar-refractivity contribution < 1.29 is 9.21 Å². The molecule has 2 heterocycles. The predicted octanol–water partition coefficient (Wildman–Crippen LogP) is 2.86. The topological polar surface area (TPSA) is 96.5 Å². The first-order chi connectivity index (χ1) is 15.4.